The molecule has 0 aliphatic rings. The van der Waals surface area contributed by atoms with Gasteiger partial charge in [0.15, 0.2) is 0 Å². The zero-order valence-electron chi connectivity index (χ0n) is 6.40. The Kier molecular flexibility index (Phi) is 2.80. The summed E-state index contributed by atoms with van der Waals surface area (Å²) in [5.74, 6) is 0. The molecule has 0 fully saturated rings. The van der Waals surface area contributed by atoms with Crippen LogP contribution in [0, 0.1) is 11.3 Å². The van der Waals surface area contributed by atoms with Crippen molar-refractivity contribution < 1.29 is 4.79 Å². The maximum Gasteiger partial charge on any atom is 0.142 e. The van der Waals surface area contributed by atoms with Crippen LogP contribution in [0.2, 0.25) is 0 Å². The number of hydrogen-bond donors (Lipinski definition) is 0. The van der Waals surface area contributed by atoms with E-state index in [-0.39, 0.29) is 0 Å². The van der Waals surface area contributed by atoms with Gasteiger partial charge in [0.2, 0.25) is 0 Å². The molecular formula is C10H7NO. The van der Waals surface area contributed by atoms with Crippen molar-refractivity contribution in [2.24, 2.45) is 0 Å². The fraction of sp³-hybridized carbons (Fsp3) is 0. The number of nitriles is 1. The minimum Gasteiger partial charge on any atom is -0.299 e. The number of aldehydes is 1. The Bertz CT molecular complexity index is 347. The van der Waals surface area contributed by atoms with Crippen molar-refractivity contribution >= 4 is 12.4 Å². The summed E-state index contributed by atoms with van der Waals surface area (Å²) in [6.45, 7) is 0. The Balaban J connectivity index is 2.95. The number of benzene rings is 1. The van der Waals surface area contributed by atoms with Gasteiger partial charge >= 0.3 is 0 Å². The van der Waals surface area contributed by atoms with Crippen LogP contribution in [0.5, 0.6) is 0 Å². The highest BCUT2D eigenvalue weighted by atomic mass is 16.1. The molecular weight excluding hydrogens is 150 g/mol. The molecule has 1 aromatic rings. The molecule has 58 valence electrons. The van der Waals surface area contributed by atoms with Gasteiger partial charge in [0, 0.05) is 0 Å². The first-order valence-corrected chi connectivity index (χ1v) is 3.49. The molecule has 0 N–H and O–H groups in total. The van der Waals surface area contributed by atoms with Crippen molar-refractivity contribution in [3.63, 3.8) is 0 Å². The summed E-state index contributed by atoms with van der Waals surface area (Å²) >= 11 is 0. The molecule has 0 amide bonds. The van der Waals surface area contributed by atoms with E-state index in [1.165, 1.54) is 6.08 Å². The highest BCUT2D eigenvalue weighted by Crippen LogP contribution is 2.05. The zero-order chi connectivity index (χ0) is 8.81. The molecule has 0 heterocycles. The quantitative estimate of drug-likeness (QED) is 0.485. The molecule has 2 nitrogen and oxygen atoms in total. The molecule has 0 radical (unpaired) electrons. The first kappa shape index (κ1) is 8.22. The molecule has 0 atom stereocenters. The van der Waals surface area contributed by atoms with Crippen molar-refractivity contribution in [2.75, 3.05) is 0 Å². The molecule has 0 bridgehead atoms. The van der Waals surface area contributed by atoms with Crippen LogP contribution in [0.4, 0.5) is 0 Å². The third-order valence-electron chi connectivity index (χ3n) is 1.38. The molecule has 0 saturated heterocycles. The van der Waals surface area contributed by atoms with Crippen LogP contribution in [0.1, 0.15) is 11.1 Å². The third kappa shape index (κ3) is 2.06. The molecule has 0 aliphatic carbocycles. The predicted octanol–water partition coefficient (Wildman–Crippen LogP) is 1.77. The third-order valence-corrected chi connectivity index (χ3v) is 1.38. The maximum atomic E-state index is 9.98. The molecule has 12 heavy (non-hydrogen) atoms. The Morgan fingerprint density at radius 2 is 2.25 bits per heavy atom. The predicted molar refractivity (Wildman–Crippen MR) is 46.3 cm³/mol. The van der Waals surface area contributed by atoms with Crippen molar-refractivity contribution in [3.05, 3.63) is 41.5 Å². The van der Waals surface area contributed by atoms with Crippen LogP contribution in [0.3, 0.4) is 0 Å². The lowest BCUT2D eigenvalue weighted by Crippen LogP contribution is -1.75. The summed E-state index contributed by atoms with van der Waals surface area (Å²) in [7, 11) is 0. The van der Waals surface area contributed by atoms with E-state index in [1.807, 2.05) is 12.1 Å². The average molecular weight is 157 g/mol. The highest BCUT2D eigenvalue weighted by Gasteiger charge is 1.89. The summed E-state index contributed by atoms with van der Waals surface area (Å²) in [4.78, 5) is 9.98. The van der Waals surface area contributed by atoms with Crippen molar-refractivity contribution in [1.29, 1.82) is 5.26 Å². The van der Waals surface area contributed by atoms with E-state index in [2.05, 4.69) is 0 Å². The molecule has 0 aliphatic heterocycles. The van der Waals surface area contributed by atoms with Crippen LogP contribution < -0.4 is 0 Å². The van der Waals surface area contributed by atoms with Crippen molar-refractivity contribution in [1.82, 2.24) is 0 Å². The summed E-state index contributed by atoms with van der Waals surface area (Å²) in [6, 6.07) is 9.08. The first-order valence-electron chi connectivity index (χ1n) is 3.49. The molecule has 1 rings (SSSR count). The molecule has 0 spiro atoms. The lowest BCUT2D eigenvalue weighted by molar-refractivity contribution is -0.104. The Hall–Kier alpha value is -1.88. The van der Waals surface area contributed by atoms with Crippen molar-refractivity contribution in [2.45, 2.75) is 0 Å². The van der Waals surface area contributed by atoms with Gasteiger partial charge in [0.25, 0.3) is 0 Å². The Morgan fingerprint density at radius 3 is 2.92 bits per heavy atom. The molecule has 2 heteroatoms. The molecule has 0 aromatic heterocycles. The fourth-order valence-electron chi connectivity index (χ4n) is 0.862. The summed E-state index contributed by atoms with van der Waals surface area (Å²) in [6.07, 6.45) is 3.77. The molecule has 0 unspecified atom stereocenters. The normalized spacial score (nSPS) is 9.58. The number of allylic oxidation sites excluding steroid dienone is 1. The van der Waals surface area contributed by atoms with Gasteiger partial charge in [-0.25, -0.2) is 0 Å². The molecule has 1 aromatic carbocycles. The van der Waals surface area contributed by atoms with E-state index >= 15 is 0 Å². The van der Waals surface area contributed by atoms with E-state index in [0.29, 0.717) is 11.8 Å². The van der Waals surface area contributed by atoms with E-state index < -0.39 is 0 Å². The van der Waals surface area contributed by atoms with E-state index in [9.17, 15) is 4.79 Å². The van der Waals surface area contributed by atoms with Crippen LogP contribution in [-0.2, 0) is 4.79 Å². The average Bonchev–Trinajstić information content (AvgIpc) is 2.15. The number of rotatable bonds is 2. The van der Waals surface area contributed by atoms with Crippen LogP contribution in [0.15, 0.2) is 30.3 Å². The summed E-state index contributed by atoms with van der Waals surface area (Å²) in [5, 5.41) is 8.54. The first-order chi connectivity index (χ1) is 5.86. The van der Waals surface area contributed by atoms with E-state index in [4.69, 9.17) is 5.26 Å². The number of carbonyl (C=O) groups is 1. The van der Waals surface area contributed by atoms with Gasteiger partial charge in [0.1, 0.15) is 6.29 Å². The van der Waals surface area contributed by atoms with Gasteiger partial charge in [-0.05, 0) is 23.8 Å². The fourth-order valence-corrected chi connectivity index (χ4v) is 0.862. The monoisotopic (exact) mass is 157 g/mol. The minimum atomic E-state index is 0.600. The lowest BCUT2D eigenvalue weighted by atomic mass is 10.1. The summed E-state index contributed by atoms with van der Waals surface area (Å²) < 4.78 is 0. The van der Waals surface area contributed by atoms with E-state index in [0.717, 1.165) is 5.56 Å². The maximum absolute atomic E-state index is 9.98. The van der Waals surface area contributed by atoms with Gasteiger partial charge in [-0.2, -0.15) is 5.26 Å². The van der Waals surface area contributed by atoms with Gasteiger partial charge < -0.3 is 0 Å². The largest absolute Gasteiger partial charge is 0.299 e. The van der Waals surface area contributed by atoms with Crippen LogP contribution in [-0.4, -0.2) is 6.29 Å². The topological polar surface area (TPSA) is 40.9 Å². The molecule has 0 saturated carbocycles. The van der Waals surface area contributed by atoms with Gasteiger partial charge in [-0.3, -0.25) is 4.79 Å². The smallest absolute Gasteiger partial charge is 0.142 e. The van der Waals surface area contributed by atoms with Gasteiger partial charge in [-0.15, -0.1) is 0 Å². The minimum absolute atomic E-state index is 0.600. The number of nitrogens with zero attached hydrogens (tertiary/aromatic N) is 1. The van der Waals surface area contributed by atoms with Crippen LogP contribution >= 0.6 is 0 Å². The van der Waals surface area contributed by atoms with E-state index in [1.54, 1.807) is 24.3 Å². The van der Waals surface area contributed by atoms with Crippen LogP contribution in [0.25, 0.3) is 6.08 Å². The number of carbonyl (C=O) groups excluding carboxylic acids is 1. The Labute approximate surface area is 70.8 Å². The van der Waals surface area contributed by atoms with Crippen molar-refractivity contribution in [3.8, 4) is 6.07 Å². The van der Waals surface area contributed by atoms with Gasteiger partial charge in [-0.1, -0.05) is 18.2 Å². The number of hydrogen-bond acceptors (Lipinski definition) is 2. The lowest BCUT2D eigenvalue weighted by Gasteiger charge is -1.91. The van der Waals surface area contributed by atoms with Gasteiger partial charge in [0.05, 0.1) is 11.6 Å². The second kappa shape index (κ2) is 4.09. The highest BCUT2D eigenvalue weighted by molar-refractivity contribution is 5.74. The standard InChI is InChI=1S/C10H7NO/c11-8-10-4-1-3-9(7-10)5-2-6-12/h1-7H/b5-2+. The second-order valence-corrected chi connectivity index (χ2v) is 2.23. The second-order valence-electron chi connectivity index (χ2n) is 2.23. The Morgan fingerprint density at radius 1 is 1.42 bits per heavy atom. The SMILES string of the molecule is N#Cc1cccc(/C=C/C=O)c1. The zero-order valence-corrected chi connectivity index (χ0v) is 6.40. The summed E-state index contributed by atoms with van der Waals surface area (Å²) in [5.41, 5.74) is 1.46.